The molecule has 0 aliphatic carbocycles. The molecule has 0 spiro atoms. The van der Waals surface area contributed by atoms with Crippen molar-refractivity contribution in [2.45, 2.75) is 0 Å². The summed E-state index contributed by atoms with van der Waals surface area (Å²) in [7, 11) is 5.02. The third-order valence-electron chi connectivity index (χ3n) is 6.22. The molecule has 202 valence electrons. The highest BCUT2D eigenvalue weighted by Crippen LogP contribution is 2.38. The Morgan fingerprint density at radius 2 is 2.00 bits per heavy atom. The fourth-order valence-electron chi connectivity index (χ4n) is 4.20. The van der Waals surface area contributed by atoms with E-state index in [1.165, 1.54) is 18.2 Å². The lowest BCUT2D eigenvalue weighted by molar-refractivity contribution is -0.111. The lowest BCUT2D eigenvalue weighted by Gasteiger charge is -2.26. The van der Waals surface area contributed by atoms with Gasteiger partial charge in [0.05, 0.1) is 33.9 Å². The van der Waals surface area contributed by atoms with Crippen molar-refractivity contribution in [3.05, 3.63) is 79.7 Å². The quantitative estimate of drug-likeness (QED) is 0.208. The number of fused-ring (bicyclic) bond motifs is 1. The zero-order chi connectivity index (χ0) is 30.4. The van der Waals surface area contributed by atoms with Crippen LogP contribution >= 0.6 is 0 Å². The molecule has 0 bridgehead atoms. The van der Waals surface area contributed by atoms with E-state index in [9.17, 15) is 4.79 Å². The van der Waals surface area contributed by atoms with Gasteiger partial charge < -0.3 is 29.7 Å². The second-order valence-electron chi connectivity index (χ2n) is 9.34. The molecule has 0 aliphatic rings. The van der Waals surface area contributed by atoms with E-state index in [1.807, 2.05) is 79.1 Å². The van der Waals surface area contributed by atoms with E-state index in [1.54, 1.807) is 18.3 Å². The molecule has 0 unspecified atom stereocenters. The number of hydrogen-bond donors (Lipinski definition) is 2. The molecular formula is C30H35N7O2. The van der Waals surface area contributed by atoms with Crippen LogP contribution in [0.5, 0.6) is 5.75 Å². The first-order valence-corrected chi connectivity index (χ1v) is 12.4. The van der Waals surface area contributed by atoms with Gasteiger partial charge in [0.25, 0.3) is 0 Å². The number of nitrogens with one attached hydrogen (secondary N) is 2. The third kappa shape index (κ3) is 6.45. The van der Waals surface area contributed by atoms with Crippen molar-refractivity contribution in [1.29, 1.82) is 0 Å². The van der Waals surface area contributed by atoms with Gasteiger partial charge in [-0.15, -0.1) is 0 Å². The van der Waals surface area contributed by atoms with Gasteiger partial charge >= 0.3 is 0 Å². The molecule has 2 N–H and O–H groups in total. The number of nitrogens with zero attached hydrogens (tertiary/aromatic N) is 5. The summed E-state index contributed by atoms with van der Waals surface area (Å²) in [6.07, 6.45) is 8.02. The molecular weight excluding hydrogens is 490 g/mol. The third-order valence-corrected chi connectivity index (χ3v) is 6.22. The van der Waals surface area contributed by atoms with E-state index >= 15 is 0 Å². The van der Waals surface area contributed by atoms with E-state index in [-0.39, 0.29) is 23.3 Å². The van der Waals surface area contributed by atoms with Crippen LogP contribution in [-0.2, 0) is 11.8 Å². The number of methoxy groups -OCH3 is 1. The monoisotopic (exact) mass is 528 g/mol. The molecule has 9 heteroatoms. The predicted octanol–water partition coefficient (Wildman–Crippen LogP) is 5.07. The van der Waals surface area contributed by atoms with Gasteiger partial charge in [-0.2, -0.15) is 0 Å². The molecule has 0 fully saturated rings. The van der Waals surface area contributed by atoms with Crippen molar-refractivity contribution < 1.29 is 13.6 Å². The number of likely N-dealkylation sites (N-methyl/N-ethyl adjacent to an activating group) is 2. The Morgan fingerprint density at radius 1 is 1.18 bits per heavy atom. The highest BCUT2D eigenvalue weighted by atomic mass is 16.5. The molecule has 4 rings (SSSR count). The highest BCUT2D eigenvalue weighted by molar-refractivity contribution is 6.02. The van der Waals surface area contributed by atoms with Gasteiger partial charge in [-0.05, 0) is 32.3 Å². The Morgan fingerprint density at radius 3 is 2.77 bits per heavy atom. The number of allylic oxidation sites excluding steroid dienone is 2. The van der Waals surface area contributed by atoms with Gasteiger partial charge in [-0.3, -0.25) is 4.79 Å². The summed E-state index contributed by atoms with van der Waals surface area (Å²) in [4.78, 5) is 25.7. The fraction of sp³-hybridized carbons (Fsp3) is 0.233. The Balaban J connectivity index is 1.78. The number of carbonyl (C=O) groups is 1. The first-order valence-electron chi connectivity index (χ1n) is 13.9. The Hall–Kier alpha value is -4.63. The summed E-state index contributed by atoms with van der Waals surface area (Å²) < 4.78 is 30.8. The van der Waals surface area contributed by atoms with Gasteiger partial charge in [0.15, 0.2) is 0 Å². The van der Waals surface area contributed by atoms with Gasteiger partial charge in [0.2, 0.25) is 11.9 Å². The van der Waals surface area contributed by atoms with E-state index < -0.39 is 7.04 Å². The van der Waals surface area contributed by atoms with Crippen LogP contribution in [0.4, 0.5) is 23.0 Å². The smallest absolute Gasteiger partial charge is 0.248 e. The minimum absolute atomic E-state index is 0.0560. The van der Waals surface area contributed by atoms with Crippen molar-refractivity contribution >= 4 is 39.8 Å². The van der Waals surface area contributed by atoms with Crippen LogP contribution < -0.4 is 20.3 Å². The molecule has 0 aliphatic heterocycles. The van der Waals surface area contributed by atoms with Gasteiger partial charge in [-0.1, -0.05) is 36.9 Å². The summed E-state index contributed by atoms with van der Waals surface area (Å²) >= 11 is 0. The number of para-hydroxylation sites is 1. The van der Waals surface area contributed by atoms with Crippen LogP contribution in [0.25, 0.3) is 22.2 Å². The van der Waals surface area contributed by atoms with Crippen molar-refractivity contribution in [2.75, 3.05) is 56.8 Å². The second-order valence-corrected chi connectivity index (χ2v) is 9.34. The average molecular weight is 529 g/mol. The Bertz CT molecular complexity index is 1610. The maximum absolute atomic E-state index is 12.7. The predicted molar refractivity (Wildman–Crippen MR) is 160 cm³/mol. The standard InChI is InChI=1S/C30H35N7O2/c1-7-8-13-29(38)32-24-18-25(28(39-6)19-27(24)36(4)17-16-35(2)3)34-30-31-15-14-23(33-30)22-20-37(5)26-12-10-9-11-21(22)26/h7-15,18-20H,1,16-17H2,2-6H3,(H,32,38)(H,31,33,34)/b13-8+/i6D3. The normalized spacial score (nSPS) is 12.7. The van der Waals surface area contributed by atoms with Crippen LogP contribution in [0.15, 0.2) is 79.7 Å². The molecule has 9 nitrogen and oxygen atoms in total. The van der Waals surface area contributed by atoms with Crippen molar-refractivity contribution in [3.63, 3.8) is 0 Å². The first-order chi connectivity index (χ1) is 19.9. The topological polar surface area (TPSA) is 87.5 Å². The summed E-state index contributed by atoms with van der Waals surface area (Å²) in [5.74, 6) is -0.0873. The number of benzene rings is 2. The molecule has 2 aromatic carbocycles. The summed E-state index contributed by atoms with van der Waals surface area (Å²) in [6, 6.07) is 13.0. The summed E-state index contributed by atoms with van der Waals surface area (Å²) in [5.41, 5.74) is 3.97. The lowest BCUT2D eigenvalue weighted by Crippen LogP contribution is -2.29. The number of amides is 1. The molecule has 1 amide bonds. The molecule has 2 aromatic heterocycles. The SMILES string of the molecule is [2H]C([2H])([2H])Oc1cc(N(C)CCN(C)C)c(NC(=O)/C=C/C=C)cc1Nc1nccc(-c2cn(C)c3ccccc23)n1. The maximum atomic E-state index is 12.7. The van der Waals surface area contributed by atoms with E-state index in [2.05, 4.69) is 22.2 Å². The molecule has 0 radical (unpaired) electrons. The van der Waals surface area contributed by atoms with Gasteiger partial charge in [0.1, 0.15) is 5.75 Å². The summed E-state index contributed by atoms with van der Waals surface area (Å²) in [6.45, 7) is 4.94. The number of hydrogen-bond acceptors (Lipinski definition) is 7. The van der Waals surface area contributed by atoms with E-state index in [0.717, 1.165) is 23.0 Å². The van der Waals surface area contributed by atoms with Crippen molar-refractivity contribution in [3.8, 4) is 17.0 Å². The number of ether oxygens (including phenoxy) is 1. The van der Waals surface area contributed by atoms with Crippen LogP contribution in [0.3, 0.4) is 0 Å². The number of rotatable bonds is 11. The Labute approximate surface area is 233 Å². The molecule has 39 heavy (non-hydrogen) atoms. The summed E-state index contributed by atoms with van der Waals surface area (Å²) in [5, 5.41) is 7.04. The zero-order valence-electron chi connectivity index (χ0n) is 25.6. The Kier molecular flexibility index (Phi) is 7.39. The van der Waals surface area contributed by atoms with Crippen LogP contribution in [-0.4, -0.2) is 66.6 Å². The zero-order valence-corrected chi connectivity index (χ0v) is 22.6. The second kappa shape index (κ2) is 12.3. The van der Waals surface area contributed by atoms with Crippen LogP contribution in [0, 0.1) is 0 Å². The average Bonchev–Trinajstić information content (AvgIpc) is 3.27. The number of aryl methyl sites for hydroxylation is 1. The van der Waals surface area contributed by atoms with Crippen LogP contribution in [0.1, 0.15) is 4.11 Å². The number of aromatic nitrogens is 3. The minimum Gasteiger partial charge on any atom is -0.494 e. The molecule has 2 heterocycles. The van der Waals surface area contributed by atoms with E-state index in [0.29, 0.717) is 23.6 Å². The van der Waals surface area contributed by atoms with Crippen LogP contribution in [0.2, 0.25) is 0 Å². The lowest BCUT2D eigenvalue weighted by atomic mass is 10.1. The number of anilines is 4. The van der Waals surface area contributed by atoms with E-state index in [4.69, 9.17) is 13.8 Å². The minimum atomic E-state index is -2.72. The van der Waals surface area contributed by atoms with Crippen molar-refractivity contribution in [1.82, 2.24) is 19.4 Å². The largest absolute Gasteiger partial charge is 0.494 e. The molecule has 0 atom stereocenters. The van der Waals surface area contributed by atoms with Gasteiger partial charge in [-0.25, -0.2) is 9.97 Å². The maximum Gasteiger partial charge on any atom is 0.248 e. The fourth-order valence-corrected chi connectivity index (χ4v) is 4.20. The molecule has 0 saturated carbocycles. The van der Waals surface area contributed by atoms with Gasteiger partial charge in [0, 0.05) is 68.2 Å². The van der Waals surface area contributed by atoms with Crippen molar-refractivity contribution in [2.24, 2.45) is 7.05 Å². The highest BCUT2D eigenvalue weighted by Gasteiger charge is 2.17. The first kappa shape index (κ1) is 23.5. The molecule has 4 aromatic rings. The number of carbonyl (C=O) groups excluding carboxylic acids is 1. The molecule has 0 saturated heterocycles.